The number of amides is 1. The van der Waals surface area contributed by atoms with E-state index in [0.717, 1.165) is 11.3 Å². The van der Waals surface area contributed by atoms with Crippen molar-refractivity contribution in [1.29, 1.82) is 0 Å². The summed E-state index contributed by atoms with van der Waals surface area (Å²) in [6.07, 6.45) is 0.0698. The number of carbonyl (C=O) groups excluding carboxylic acids is 2. The van der Waals surface area contributed by atoms with Gasteiger partial charge in [-0.1, -0.05) is 17.4 Å². The Labute approximate surface area is 117 Å². The maximum atomic E-state index is 11.8. The Bertz CT molecular complexity index is 566. The minimum absolute atomic E-state index is 0.0698. The summed E-state index contributed by atoms with van der Waals surface area (Å²) < 4.78 is 4.81. The highest BCUT2D eigenvalue weighted by molar-refractivity contribution is 7.15. The fraction of sp³-hybridized carbons (Fsp3) is 0.273. The van der Waals surface area contributed by atoms with Gasteiger partial charge >= 0.3 is 5.97 Å². The highest BCUT2D eigenvalue weighted by Gasteiger charge is 2.13. The van der Waals surface area contributed by atoms with Gasteiger partial charge in [0.25, 0.3) is 5.91 Å². The summed E-state index contributed by atoms with van der Waals surface area (Å²) in [6, 6.07) is 3.52. The van der Waals surface area contributed by atoms with Crippen LogP contribution < -0.4 is 5.32 Å². The number of esters is 1. The second-order valence-electron chi connectivity index (χ2n) is 3.41. The van der Waals surface area contributed by atoms with Crippen molar-refractivity contribution in [2.45, 2.75) is 13.3 Å². The highest BCUT2D eigenvalue weighted by Crippen LogP contribution is 2.18. The lowest BCUT2D eigenvalue weighted by atomic mass is 10.4. The molecule has 0 unspecified atom stereocenters. The molecule has 6 nitrogen and oxygen atoms in total. The van der Waals surface area contributed by atoms with E-state index in [9.17, 15) is 9.59 Å². The van der Waals surface area contributed by atoms with Gasteiger partial charge in [-0.05, 0) is 18.4 Å². The van der Waals surface area contributed by atoms with Crippen molar-refractivity contribution in [1.82, 2.24) is 10.2 Å². The molecule has 0 saturated carbocycles. The van der Waals surface area contributed by atoms with Gasteiger partial charge in [0, 0.05) is 0 Å². The lowest BCUT2D eigenvalue weighted by Gasteiger charge is -1.97. The largest absolute Gasteiger partial charge is 0.466 e. The molecule has 0 saturated heterocycles. The molecular formula is C11H11N3O3S2. The number of thiophene rings is 1. The molecule has 0 aliphatic carbocycles. The van der Waals surface area contributed by atoms with Crippen LogP contribution >= 0.6 is 22.7 Å². The van der Waals surface area contributed by atoms with Crippen molar-refractivity contribution in [3.63, 3.8) is 0 Å². The Balaban J connectivity index is 1.94. The molecular weight excluding hydrogens is 286 g/mol. The second-order valence-corrected chi connectivity index (χ2v) is 5.42. The number of carbonyl (C=O) groups is 2. The SMILES string of the molecule is CCOC(=O)Cc1nnc(NC(=O)c2cccs2)s1. The Morgan fingerprint density at radius 3 is 2.95 bits per heavy atom. The van der Waals surface area contributed by atoms with E-state index in [1.165, 1.54) is 11.3 Å². The monoisotopic (exact) mass is 297 g/mol. The summed E-state index contributed by atoms with van der Waals surface area (Å²) in [5.74, 6) is -0.580. The van der Waals surface area contributed by atoms with Gasteiger partial charge in [-0.25, -0.2) is 0 Å². The molecule has 19 heavy (non-hydrogen) atoms. The van der Waals surface area contributed by atoms with Crippen LogP contribution in [0, 0.1) is 0 Å². The Morgan fingerprint density at radius 1 is 1.42 bits per heavy atom. The first-order valence-corrected chi connectivity index (χ1v) is 7.21. The topological polar surface area (TPSA) is 81.2 Å². The summed E-state index contributed by atoms with van der Waals surface area (Å²) >= 11 is 2.51. The van der Waals surface area contributed by atoms with Crippen LogP contribution in [0.2, 0.25) is 0 Å². The van der Waals surface area contributed by atoms with Gasteiger partial charge in [0.15, 0.2) is 0 Å². The molecule has 1 N–H and O–H groups in total. The highest BCUT2D eigenvalue weighted by atomic mass is 32.1. The van der Waals surface area contributed by atoms with Gasteiger partial charge in [-0.2, -0.15) is 0 Å². The smallest absolute Gasteiger partial charge is 0.312 e. The fourth-order valence-corrected chi connectivity index (χ4v) is 2.62. The quantitative estimate of drug-likeness (QED) is 0.853. The van der Waals surface area contributed by atoms with E-state index in [0.29, 0.717) is 21.6 Å². The molecule has 100 valence electrons. The average molecular weight is 297 g/mol. The number of rotatable bonds is 5. The summed E-state index contributed by atoms with van der Waals surface area (Å²) in [6.45, 7) is 2.07. The summed E-state index contributed by atoms with van der Waals surface area (Å²) in [5.41, 5.74) is 0. The molecule has 2 heterocycles. The van der Waals surface area contributed by atoms with Gasteiger partial charge in [0.2, 0.25) is 5.13 Å². The lowest BCUT2D eigenvalue weighted by Crippen LogP contribution is -2.09. The van der Waals surface area contributed by atoms with Crippen LogP contribution in [0.5, 0.6) is 0 Å². The van der Waals surface area contributed by atoms with Crippen molar-refractivity contribution in [3.8, 4) is 0 Å². The van der Waals surface area contributed by atoms with E-state index in [-0.39, 0.29) is 18.3 Å². The first-order valence-electron chi connectivity index (χ1n) is 5.52. The number of aromatic nitrogens is 2. The summed E-state index contributed by atoms with van der Waals surface area (Å²) in [7, 11) is 0. The summed E-state index contributed by atoms with van der Waals surface area (Å²) in [4.78, 5) is 23.6. The molecule has 2 aromatic heterocycles. The van der Waals surface area contributed by atoms with Gasteiger partial charge in [0.1, 0.15) is 5.01 Å². The molecule has 0 fully saturated rings. The maximum absolute atomic E-state index is 11.8. The van der Waals surface area contributed by atoms with Crippen LogP contribution in [-0.4, -0.2) is 28.7 Å². The van der Waals surface area contributed by atoms with E-state index >= 15 is 0 Å². The Morgan fingerprint density at radius 2 is 2.26 bits per heavy atom. The lowest BCUT2D eigenvalue weighted by molar-refractivity contribution is -0.142. The third kappa shape index (κ3) is 3.83. The maximum Gasteiger partial charge on any atom is 0.312 e. The summed E-state index contributed by atoms with van der Waals surface area (Å²) in [5, 5.41) is 13.0. The number of anilines is 1. The van der Waals surface area contributed by atoms with Crippen LogP contribution in [0.25, 0.3) is 0 Å². The van der Waals surface area contributed by atoms with E-state index in [4.69, 9.17) is 4.74 Å². The minimum atomic E-state index is -0.352. The standard InChI is InChI=1S/C11H11N3O3S2/c1-2-17-9(15)6-8-13-14-11(19-8)12-10(16)7-4-3-5-18-7/h3-5H,2,6H2,1H3,(H,12,14,16). The third-order valence-corrected chi connectivity index (χ3v) is 3.74. The van der Waals surface area contributed by atoms with Crippen molar-refractivity contribution in [3.05, 3.63) is 27.4 Å². The third-order valence-electron chi connectivity index (χ3n) is 2.03. The zero-order chi connectivity index (χ0) is 13.7. The predicted molar refractivity (Wildman–Crippen MR) is 72.5 cm³/mol. The molecule has 0 radical (unpaired) electrons. The van der Waals surface area contributed by atoms with Crippen LogP contribution in [0.4, 0.5) is 5.13 Å². The molecule has 2 rings (SSSR count). The number of hydrogen-bond acceptors (Lipinski definition) is 7. The zero-order valence-corrected chi connectivity index (χ0v) is 11.7. The van der Waals surface area contributed by atoms with E-state index in [2.05, 4.69) is 15.5 Å². The number of ether oxygens (including phenoxy) is 1. The first-order chi connectivity index (χ1) is 9.19. The molecule has 2 aromatic rings. The van der Waals surface area contributed by atoms with Gasteiger partial charge in [-0.15, -0.1) is 21.5 Å². The normalized spacial score (nSPS) is 10.2. The number of nitrogens with one attached hydrogen (secondary N) is 1. The Hall–Kier alpha value is -1.80. The van der Waals surface area contributed by atoms with Crippen molar-refractivity contribution >= 4 is 39.7 Å². The van der Waals surface area contributed by atoms with Crippen LogP contribution in [0.1, 0.15) is 21.6 Å². The second kappa shape index (κ2) is 6.39. The first kappa shape index (κ1) is 13.6. The van der Waals surface area contributed by atoms with E-state index in [1.54, 1.807) is 19.1 Å². The Kier molecular flexibility index (Phi) is 4.58. The van der Waals surface area contributed by atoms with Crippen LogP contribution in [-0.2, 0) is 16.0 Å². The predicted octanol–water partition coefficient (Wildman–Crippen LogP) is 1.96. The molecule has 0 aromatic carbocycles. The average Bonchev–Trinajstić information content (AvgIpc) is 3.00. The molecule has 8 heteroatoms. The molecule has 0 aliphatic rings. The van der Waals surface area contributed by atoms with E-state index < -0.39 is 0 Å². The number of hydrogen-bond donors (Lipinski definition) is 1. The van der Waals surface area contributed by atoms with Gasteiger partial charge < -0.3 is 4.74 Å². The number of nitrogens with zero attached hydrogens (tertiary/aromatic N) is 2. The molecule has 0 atom stereocenters. The minimum Gasteiger partial charge on any atom is -0.466 e. The van der Waals surface area contributed by atoms with Gasteiger partial charge in [-0.3, -0.25) is 14.9 Å². The van der Waals surface area contributed by atoms with Crippen molar-refractivity contribution < 1.29 is 14.3 Å². The molecule has 0 bridgehead atoms. The van der Waals surface area contributed by atoms with Crippen LogP contribution in [0.3, 0.4) is 0 Å². The van der Waals surface area contributed by atoms with E-state index in [1.807, 2.05) is 5.38 Å². The molecule has 0 aliphatic heterocycles. The fourth-order valence-electron chi connectivity index (χ4n) is 1.28. The zero-order valence-electron chi connectivity index (χ0n) is 10.1. The van der Waals surface area contributed by atoms with Gasteiger partial charge in [0.05, 0.1) is 17.9 Å². The van der Waals surface area contributed by atoms with Crippen molar-refractivity contribution in [2.75, 3.05) is 11.9 Å². The molecule has 1 amide bonds. The molecule has 0 spiro atoms. The van der Waals surface area contributed by atoms with Crippen molar-refractivity contribution in [2.24, 2.45) is 0 Å². The van der Waals surface area contributed by atoms with Crippen LogP contribution in [0.15, 0.2) is 17.5 Å².